The first kappa shape index (κ1) is 21.4. The summed E-state index contributed by atoms with van der Waals surface area (Å²) in [4.78, 5) is 17.0. The van der Waals surface area contributed by atoms with Crippen LogP contribution in [-0.2, 0) is 4.79 Å². The first-order valence-corrected chi connectivity index (χ1v) is 10.4. The molecule has 1 N–H and O–H groups in total. The molecule has 0 saturated carbocycles. The van der Waals surface area contributed by atoms with E-state index in [0.717, 1.165) is 43.9 Å². The molecule has 1 atom stereocenters. The van der Waals surface area contributed by atoms with Crippen molar-refractivity contribution in [1.82, 2.24) is 10.2 Å². The van der Waals surface area contributed by atoms with Crippen molar-refractivity contribution >= 4 is 34.8 Å². The number of benzene rings is 2. The molecular weight excluding hydrogens is 407 g/mol. The van der Waals surface area contributed by atoms with E-state index in [0.29, 0.717) is 22.2 Å². The van der Waals surface area contributed by atoms with Crippen LogP contribution < -0.4 is 10.2 Å². The highest BCUT2D eigenvalue weighted by atomic mass is 35.5. The summed E-state index contributed by atoms with van der Waals surface area (Å²) in [5.41, 5.74) is 2.63. The molecule has 1 saturated heterocycles. The SMILES string of the molecule is CC(NC(=O)CN1CCCN(c2ccc(C#N)cc2)CC1)c1ccc(Cl)cc1Cl. The van der Waals surface area contributed by atoms with Crippen LogP contribution in [0.1, 0.15) is 30.5 Å². The summed E-state index contributed by atoms with van der Waals surface area (Å²) in [5.74, 6) is -0.0182. The highest BCUT2D eigenvalue weighted by Crippen LogP contribution is 2.26. The lowest BCUT2D eigenvalue weighted by molar-refractivity contribution is -0.122. The van der Waals surface area contributed by atoms with E-state index in [1.807, 2.05) is 37.3 Å². The minimum atomic E-state index is -0.186. The number of nitrogens with zero attached hydrogens (tertiary/aromatic N) is 3. The topological polar surface area (TPSA) is 59.4 Å². The van der Waals surface area contributed by atoms with Crippen LogP contribution in [0.15, 0.2) is 42.5 Å². The fourth-order valence-corrected chi connectivity index (χ4v) is 4.13. The van der Waals surface area contributed by atoms with Crippen molar-refractivity contribution in [2.24, 2.45) is 0 Å². The zero-order valence-electron chi connectivity index (χ0n) is 16.4. The highest BCUT2D eigenvalue weighted by molar-refractivity contribution is 6.35. The van der Waals surface area contributed by atoms with Crippen LogP contribution in [0.2, 0.25) is 10.0 Å². The molecule has 29 heavy (non-hydrogen) atoms. The van der Waals surface area contributed by atoms with E-state index < -0.39 is 0 Å². The van der Waals surface area contributed by atoms with Gasteiger partial charge in [-0.3, -0.25) is 9.69 Å². The Morgan fingerprint density at radius 3 is 2.59 bits per heavy atom. The molecule has 2 aromatic rings. The normalized spacial score (nSPS) is 16.0. The molecule has 3 rings (SSSR count). The molecule has 2 aromatic carbocycles. The van der Waals surface area contributed by atoms with E-state index in [-0.39, 0.29) is 11.9 Å². The average Bonchev–Trinajstić information content (AvgIpc) is 2.93. The molecule has 1 amide bonds. The Bertz CT molecular complexity index is 895. The monoisotopic (exact) mass is 430 g/mol. The van der Waals surface area contributed by atoms with Gasteiger partial charge >= 0.3 is 0 Å². The number of carbonyl (C=O) groups excluding carboxylic acids is 1. The summed E-state index contributed by atoms with van der Waals surface area (Å²) in [7, 11) is 0. The Kier molecular flexibility index (Phi) is 7.38. The number of rotatable bonds is 5. The lowest BCUT2D eigenvalue weighted by atomic mass is 10.1. The first-order chi connectivity index (χ1) is 14.0. The Hall–Kier alpha value is -2.26. The number of amides is 1. The van der Waals surface area contributed by atoms with Crippen molar-refractivity contribution in [1.29, 1.82) is 5.26 Å². The Morgan fingerprint density at radius 1 is 1.14 bits per heavy atom. The number of nitrogens with one attached hydrogen (secondary N) is 1. The average molecular weight is 431 g/mol. The molecule has 0 aromatic heterocycles. The molecule has 1 aliphatic heterocycles. The minimum absolute atomic E-state index is 0.0182. The van der Waals surface area contributed by atoms with E-state index in [1.54, 1.807) is 12.1 Å². The van der Waals surface area contributed by atoms with Gasteiger partial charge in [0.05, 0.1) is 24.2 Å². The molecular formula is C22H24Cl2N4O. The lowest BCUT2D eigenvalue weighted by Gasteiger charge is -2.24. The fourth-order valence-electron chi connectivity index (χ4n) is 3.55. The molecule has 1 aliphatic rings. The lowest BCUT2D eigenvalue weighted by Crippen LogP contribution is -2.40. The standard InChI is InChI=1S/C22H24Cl2N4O/c1-16(20-8-5-18(23)13-21(20)24)26-22(29)15-27-9-2-10-28(12-11-27)19-6-3-17(14-25)4-7-19/h3-8,13,16H,2,9-12,15H2,1H3,(H,26,29). The molecule has 1 heterocycles. The van der Waals surface area contributed by atoms with Crippen LogP contribution in [0.5, 0.6) is 0 Å². The van der Waals surface area contributed by atoms with Gasteiger partial charge in [-0.25, -0.2) is 0 Å². The number of anilines is 1. The second kappa shape index (κ2) is 9.98. The Labute approximate surface area is 181 Å². The predicted octanol–water partition coefficient (Wildman–Crippen LogP) is 4.25. The Morgan fingerprint density at radius 2 is 1.90 bits per heavy atom. The zero-order chi connectivity index (χ0) is 20.8. The van der Waals surface area contributed by atoms with Crippen LogP contribution >= 0.6 is 23.2 Å². The van der Waals surface area contributed by atoms with Crippen molar-refractivity contribution in [3.63, 3.8) is 0 Å². The third-order valence-electron chi connectivity index (χ3n) is 5.12. The largest absolute Gasteiger partial charge is 0.370 e. The summed E-state index contributed by atoms with van der Waals surface area (Å²) < 4.78 is 0. The molecule has 5 nitrogen and oxygen atoms in total. The van der Waals surface area contributed by atoms with Gasteiger partial charge in [-0.2, -0.15) is 5.26 Å². The number of hydrogen-bond donors (Lipinski definition) is 1. The van der Waals surface area contributed by atoms with Crippen molar-refractivity contribution in [2.45, 2.75) is 19.4 Å². The van der Waals surface area contributed by atoms with E-state index in [4.69, 9.17) is 28.5 Å². The number of hydrogen-bond acceptors (Lipinski definition) is 4. The molecule has 152 valence electrons. The molecule has 0 bridgehead atoms. The maximum absolute atomic E-state index is 12.5. The van der Waals surface area contributed by atoms with Gasteiger partial charge < -0.3 is 10.2 Å². The summed E-state index contributed by atoms with van der Waals surface area (Å²) in [6.45, 7) is 5.73. The highest BCUT2D eigenvalue weighted by Gasteiger charge is 2.19. The minimum Gasteiger partial charge on any atom is -0.370 e. The van der Waals surface area contributed by atoms with Gasteiger partial charge in [0.1, 0.15) is 0 Å². The van der Waals surface area contributed by atoms with Crippen LogP contribution in [-0.4, -0.2) is 43.5 Å². The molecule has 0 spiro atoms. The van der Waals surface area contributed by atoms with Crippen molar-refractivity contribution < 1.29 is 4.79 Å². The van der Waals surface area contributed by atoms with Crippen LogP contribution in [0.25, 0.3) is 0 Å². The van der Waals surface area contributed by atoms with Gasteiger partial charge in [0.25, 0.3) is 0 Å². The maximum Gasteiger partial charge on any atom is 0.234 e. The van der Waals surface area contributed by atoms with E-state index in [1.165, 1.54) is 0 Å². The van der Waals surface area contributed by atoms with Crippen LogP contribution in [0, 0.1) is 11.3 Å². The fraction of sp³-hybridized carbons (Fsp3) is 0.364. The van der Waals surface area contributed by atoms with E-state index in [2.05, 4.69) is 21.2 Å². The number of halogens is 2. The van der Waals surface area contributed by atoms with Crippen molar-refractivity contribution in [2.75, 3.05) is 37.6 Å². The second-order valence-corrected chi connectivity index (χ2v) is 8.07. The summed E-state index contributed by atoms with van der Waals surface area (Å²) in [6.07, 6.45) is 0.978. The molecule has 1 fully saturated rings. The molecule has 0 radical (unpaired) electrons. The molecule has 0 aliphatic carbocycles. The van der Waals surface area contributed by atoms with Gasteiger partial charge in [-0.15, -0.1) is 0 Å². The maximum atomic E-state index is 12.5. The van der Waals surface area contributed by atoms with E-state index in [9.17, 15) is 4.79 Å². The predicted molar refractivity (Wildman–Crippen MR) is 117 cm³/mol. The van der Waals surface area contributed by atoms with Gasteiger partial charge in [-0.05, 0) is 55.3 Å². The first-order valence-electron chi connectivity index (χ1n) is 9.68. The quantitative estimate of drug-likeness (QED) is 0.769. The second-order valence-electron chi connectivity index (χ2n) is 7.23. The van der Waals surface area contributed by atoms with Gasteiger partial charge in [0.15, 0.2) is 0 Å². The van der Waals surface area contributed by atoms with Gasteiger partial charge in [0, 0.05) is 41.9 Å². The molecule has 7 heteroatoms. The summed E-state index contributed by atoms with van der Waals surface area (Å²) in [5, 5.41) is 13.1. The third kappa shape index (κ3) is 5.86. The number of nitriles is 1. The zero-order valence-corrected chi connectivity index (χ0v) is 17.9. The number of carbonyl (C=O) groups is 1. The van der Waals surface area contributed by atoms with Crippen molar-refractivity contribution in [3.8, 4) is 6.07 Å². The van der Waals surface area contributed by atoms with Gasteiger partial charge in [-0.1, -0.05) is 29.3 Å². The van der Waals surface area contributed by atoms with Gasteiger partial charge in [0.2, 0.25) is 5.91 Å². The third-order valence-corrected chi connectivity index (χ3v) is 5.69. The summed E-state index contributed by atoms with van der Waals surface area (Å²) >= 11 is 12.2. The summed E-state index contributed by atoms with van der Waals surface area (Å²) in [6, 6.07) is 14.9. The van der Waals surface area contributed by atoms with Crippen LogP contribution in [0.4, 0.5) is 5.69 Å². The van der Waals surface area contributed by atoms with E-state index >= 15 is 0 Å². The Balaban J connectivity index is 1.52. The smallest absolute Gasteiger partial charge is 0.234 e. The van der Waals surface area contributed by atoms with Crippen LogP contribution in [0.3, 0.4) is 0 Å². The van der Waals surface area contributed by atoms with Crippen molar-refractivity contribution in [3.05, 3.63) is 63.6 Å². The molecule has 1 unspecified atom stereocenters.